The molecule has 0 spiro atoms. The Morgan fingerprint density at radius 1 is 0.750 bits per heavy atom. The smallest absolute Gasteiger partial charge is 0.423 e. The van der Waals surface area contributed by atoms with E-state index >= 15 is 0 Å². The van der Waals surface area contributed by atoms with Crippen LogP contribution in [-0.4, -0.2) is 57.0 Å². The minimum atomic E-state index is -1.47. The van der Waals surface area contributed by atoms with Crippen LogP contribution in [0.1, 0.15) is 0 Å². The van der Waals surface area contributed by atoms with E-state index in [0.717, 1.165) is 0 Å². The topological polar surface area (TPSA) is 184 Å². The zero-order chi connectivity index (χ0) is 23.5. The molecule has 12 nitrogen and oxygen atoms in total. The third kappa shape index (κ3) is 8.47. The number of hydrogen-bond acceptors (Lipinski definition) is 10. The van der Waals surface area contributed by atoms with Crippen molar-refractivity contribution in [3.05, 3.63) is 84.4 Å². The molecule has 4 aromatic rings. The number of aromatic nitrogens is 8. The van der Waals surface area contributed by atoms with Crippen molar-refractivity contribution in [2.75, 3.05) is 0 Å². The van der Waals surface area contributed by atoms with Crippen LogP contribution in [0.15, 0.2) is 73.2 Å². The monoisotopic (exact) mass is 628 g/mol. The number of halogens is 3. The second-order valence-electron chi connectivity index (χ2n) is 5.42. The molecule has 0 saturated heterocycles. The molecule has 0 unspecified atom stereocenters. The van der Waals surface area contributed by atoms with Gasteiger partial charge in [0.25, 0.3) is 11.1 Å². The Labute approximate surface area is 205 Å². The fourth-order valence-corrected chi connectivity index (χ4v) is 2.93. The quantitative estimate of drug-likeness (QED) is 0.227. The standard InChI is InChI=1S/C8H5BrN4O.C4H5BN2O2.C4H2Br2N2O/c9-6-3-12-8(14)7(13-6)5-1-10-4-11-2-5;8-5(9)4-1-6-3-7-2-4;5-2-1-7-4(9)3(6)8-2/h1-4H,(H,12,14);1-3,8-9H;1H,(H,7,9). The summed E-state index contributed by atoms with van der Waals surface area (Å²) >= 11 is 9.22. The summed E-state index contributed by atoms with van der Waals surface area (Å²) in [5, 5.41) is 17.0. The van der Waals surface area contributed by atoms with Gasteiger partial charge in [0.15, 0.2) is 4.60 Å². The van der Waals surface area contributed by atoms with Crippen molar-refractivity contribution < 1.29 is 10.0 Å². The predicted molar refractivity (Wildman–Crippen MR) is 126 cm³/mol. The highest BCUT2D eigenvalue weighted by Gasteiger charge is 2.09. The molecule has 16 heteroatoms. The Kier molecular flexibility index (Phi) is 10.4. The minimum Gasteiger partial charge on any atom is -0.423 e. The highest BCUT2D eigenvalue weighted by molar-refractivity contribution is 9.11. The van der Waals surface area contributed by atoms with Crippen molar-refractivity contribution >= 4 is 60.4 Å². The van der Waals surface area contributed by atoms with Crippen molar-refractivity contribution in [3.8, 4) is 11.3 Å². The van der Waals surface area contributed by atoms with Crippen molar-refractivity contribution in [3.63, 3.8) is 0 Å². The Morgan fingerprint density at radius 2 is 1.25 bits per heavy atom. The van der Waals surface area contributed by atoms with Gasteiger partial charge in [-0.2, -0.15) is 0 Å². The molecule has 0 aliphatic rings. The van der Waals surface area contributed by atoms with Crippen LogP contribution in [0.2, 0.25) is 0 Å². The largest absolute Gasteiger partial charge is 0.491 e. The van der Waals surface area contributed by atoms with E-state index in [1.54, 1.807) is 0 Å². The molecule has 0 amide bonds. The van der Waals surface area contributed by atoms with E-state index in [-0.39, 0.29) is 15.7 Å². The van der Waals surface area contributed by atoms with E-state index in [4.69, 9.17) is 10.0 Å². The van der Waals surface area contributed by atoms with Crippen molar-refractivity contribution in [2.24, 2.45) is 0 Å². The van der Waals surface area contributed by atoms with E-state index in [0.29, 0.717) is 25.9 Å². The molecule has 164 valence electrons. The second-order valence-corrected chi connectivity index (χ2v) is 7.79. The minimum absolute atomic E-state index is 0.224. The lowest BCUT2D eigenvalue weighted by Gasteiger charge is -1.97. The van der Waals surface area contributed by atoms with Crippen LogP contribution in [0, 0.1) is 0 Å². The first-order valence-corrected chi connectivity index (χ1v) is 10.7. The highest BCUT2D eigenvalue weighted by atomic mass is 79.9. The molecule has 0 fully saturated rings. The first-order chi connectivity index (χ1) is 15.3. The maximum Gasteiger partial charge on any atom is 0.491 e. The molecule has 0 bridgehead atoms. The molecular weight excluding hydrogens is 619 g/mol. The zero-order valence-corrected chi connectivity index (χ0v) is 20.5. The zero-order valence-electron chi connectivity index (χ0n) is 15.7. The van der Waals surface area contributed by atoms with E-state index in [1.807, 2.05) is 0 Å². The highest BCUT2D eigenvalue weighted by Crippen LogP contribution is 2.11. The van der Waals surface area contributed by atoms with Gasteiger partial charge < -0.3 is 20.0 Å². The summed E-state index contributed by atoms with van der Waals surface area (Å²) < 4.78 is 1.46. The van der Waals surface area contributed by atoms with Crippen LogP contribution in [0.4, 0.5) is 0 Å². The fourth-order valence-electron chi connectivity index (χ4n) is 1.81. The van der Waals surface area contributed by atoms with Gasteiger partial charge in [-0.05, 0) is 47.8 Å². The summed E-state index contributed by atoms with van der Waals surface area (Å²) in [4.78, 5) is 49.5. The van der Waals surface area contributed by atoms with Gasteiger partial charge in [-0.15, -0.1) is 0 Å². The summed E-state index contributed by atoms with van der Waals surface area (Å²) in [6.07, 6.45) is 11.5. The van der Waals surface area contributed by atoms with Crippen LogP contribution >= 0.6 is 47.8 Å². The molecule has 4 heterocycles. The predicted octanol–water partition coefficient (Wildman–Crippen LogP) is 0.441. The van der Waals surface area contributed by atoms with Gasteiger partial charge in [0.1, 0.15) is 27.6 Å². The molecule has 32 heavy (non-hydrogen) atoms. The fraction of sp³-hybridized carbons (Fsp3) is 0. The molecule has 4 aromatic heterocycles. The lowest BCUT2D eigenvalue weighted by Crippen LogP contribution is -2.30. The Balaban J connectivity index is 0.000000178. The number of nitrogens with zero attached hydrogens (tertiary/aromatic N) is 6. The number of hydrogen-bond donors (Lipinski definition) is 4. The van der Waals surface area contributed by atoms with Crippen molar-refractivity contribution in [2.45, 2.75) is 0 Å². The molecule has 0 saturated carbocycles. The SMILES string of the molecule is O=c1[nH]cc(Br)nc1-c1cncnc1.O=c1[nH]cc(Br)nc1Br.OB(O)c1cncnc1. The third-order valence-electron chi connectivity index (χ3n) is 3.18. The van der Waals surface area contributed by atoms with Gasteiger partial charge in [-0.25, -0.2) is 29.9 Å². The summed E-state index contributed by atoms with van der Waals surface area (Å²) in [6, 6.07) is 0. The first-order valence-electron chi connectivity index (χ1n) is 8.30. The molecular formula is C16H12BBr3N8O4. The molecule has 4 rings (SSSR count). The van der Waals surface area contributed by atoms with E-state index in [1.165, 1.54) is 49.8 Å². The van der Waals surface area contributed by atoms with Gasteiger partial charge in [0, 0.05) is 48.2 Å². The Morgan fingerprint density at radius 3 is 1.72 bits per heavy atom. The number of aromatic amines is 2. The van der Waals surface area contributed by atoms with Crippen LogP contribution in [0.5, 0.6) is 0 Å². The summed E-state index contributed by atoms with van der Waals surface area (Å²) in [7, 11) is -1.47. The van der Waals surface area contributed by atoms with Gasteiger partial charge in [-0.1, -0.05) is 0 Å². The molecule has 0 aromatic carbocycles. The van der Waals surface area contributed by atoms with Crippen LogP contribution in [-0.2, 0) is 0 Å². The summed E-state index contributed by atoms with van der Waals surface area (Å²) in [5.41, 5.74) is 0.716. The van der Waals surface area contributed by atoms with Crippen LogP contribution in [0.25, 0.3) is 11.3 Å². The van der Waals surface area contributed by atoms with E-state index < -0.39 is 7.12 Å². The lowest BCUT2D eigenvalue weighted by atomic mass is 9.83. The molecule has 0 radical (unpaired) electrons. The van der Waals surface area contributed by atoms with E-state index in [9.17, 15) is 9.59 Å². The summed E-state index contributed by atoms with van der Waals surface area (Å²) in [5.74, 6) is 0. The summed E-state index contributed by atoms with van der Waals surface area (Å²) in [6.45, 7) is 0. The number of rotatable bonds is 2. The Bertz CT molecular complexity index is 1250. The second kappa shape index (κ2) is 13.0. The third-order valence-corrected chi connectivity index (χ3v) is 4.53. The lowest BCUT2D eigenvalue weighted by molar-refractivity contribution is 0.425. The molecule has 0 aliphatic heterocycles. The number of H-pyrrole nitrogens is 2. The van der Waals surface area contributed by atoms with Gasteiger partial charge in [-0.3, -0.25) is 9.59 Å². The molecule has 0 atom stereocenters. The number of nitrogens with one attached hydrogen (secondary N) is 2. The van der Waals surface area contributed by atoms with Crippen LogP contribution in [0.3, 0.4) is 0 Å². The van der Waals surface area contributed by atoms with Gasteiger partial charge >= 0.3 is 7.12 Å². The van der Waals surface area contributed by atoms with Crippen LogP contribution < -0.4 is 16.6 Å². The van der Waals surface area contributed by atoms with Crippen molar-refractivity contribution in [1.29, 1.82) is 0 Å². The van der Waals surface area contributed by atoms with Crippen molar-refractivity contribution in [1.82, 2.24) is 39.9 Å². The maximum absolute atomic E-state index is 11.4. The Hall–Kier alpha value is -2.66. The normalized spacial score (nSPS) is 9.66. The average molecular weight is 631 g/mol. The van der Waals surface area contributed by atoms with Gasteiger partial charge in [0.05, 0.1) is 0 Å². The first kappa shape index (κ1) is 25.6. The average Bonchev–Trinajstić information content (AvgIpc) is 2.80. The van der Waals surface area contributed by atoms with E-state index in [2.05, 4.69) is 87.7 Å². The molecule has 4 N–H and O–H groups in total. The van der Waals surface area contributed by atoms with Gasteiger partial charge in [0.2, 0.25) is 0 Å². The maximum atomic E-state index is 11.4. The molecule has 0 aliphatic carbocycles.